The lowest BCUT2D eigenvalue weighted by Crippen LogP contribution is -2.24. The number of nitrogens with one attached hydrogen (secondary N) is 1. The zero-order chi connectivity index (χ0) is 14.4. The van der Waals surface area contributed by atoms with Crippen molar-refractivity contribution in [3.63, 3.8) is 0 Å². The van der Waals surface area contributed by atoms with E-state index in [1.807, 2.05) is 12.1 Å². The molecular weight excluding hydrogens is 300 g/mol. The van der Waals surface area contributed by atoms with Crippen molar-refractivity contribution in [3.05, 3.63) is 58.1 Å². The van der Waals surface area contributed by atoms with Gasteiger partial charge in [0.05, 0.1) is 0 Å². The second-order valence-electron chi connectivity index (χ2n) is 5.42. The minimum Gasteiger partial charge on any atom is -0.312 e. The molecule has 5 nitrogen and oxygen atoms in total. The van der Waals surface area contributed by atoms with Gasteiger partial charge >= 0.3 is 5.69 Å². The zero-order valence-corrected chi connectivity index (χ0v) is 13.1. The summed E-state index contributed by atoms with van der Waals surface area (Å²) >= 11 is 0. The summed E-state index contributed by atoms with van der Waals surface area (Å²) in [6, 6.07) is 10.4. The highest BCUT2D eigenvalue weighted by Gasteiger charge is 2.14. The largest absolute Gasteiger partial charge is 0.350 e. The van der Waals surface area contributed by atoms with E-state index in [-0.39, 0.29) is 18.1 Å². The predicted molar refractivity (Wildman–Crippen MR) is 88.5 cm³/mol. The average molecular weight is 317 g/mol. The second kappa shape index (κ2) is 5.59. The van der Waals surface area contributed by atoms with E-state index in [4.69, 9.17) is 0 Å². The van der Waals surface area contributed by atoms with Crippen molar-refractivity contribution in [3.8, 4) is 11.1 Å². The van der Waals surface area contributed by atoms with E-state index >= 15 is 0 Å². The van der Waals surface area contributed by atoms with Crippen LogP contribution in [0.2, 0.25) is 0 Å². The molecule has 114 valence electrons. The van der Waals surface area contributed by atoms with Gasteiger partial charge in [-0.25, -0.2) is 9.48 Å². The normalized spacial score (nSPS) is 13.7. The number of rotatable bonds is 1. The number of aryl methyl sites for hydroxylation is 1. The van der Waals surface area contributed by atoms with E-state index in [1.54, 1.807) is 17.6 Å². The van der Waals surface area contributed by atoms with Gasteiger partial charge in [-0.2, -0.15) is 5.10 Å². The van der Waals surface area contributed by atoms with Gasteiger partial charge in [0, 0.05) is 19.8 Å². The Bertz CT molecular complexity index is 897. The van der Waals surface area contributed by atoms with Crippen LogP contribution in [0.3, 0.4) is 0 Å². The fourth-order valence-corrected chi connectivity index (χ4v) is 3.05. The maximum atomic E-state index is 11.9. The Kier molecular flexibility index (Phi) is 3.76. The molecule has 0 atom stereocenters. The summed E-state index contributed by atoms with van der Waals surface area (Å²) in [7, 11) is 1.67. The maximum absolute atomic E-state index is 11.9. The number of fused-ring (bicyclic) bond motifs is 2. The first-order chi connectivity index (χ1) is 10.2. The van der Waals surface area contributed by atoms with Gasteiger partial charge in [0.1, 0.15) is 0 Å². The fraction of sp³-hybridized carbons (Fsp3) is 0.250. The van der Waals surface area contributed by atoms with Crippen LogP contribution in [0.1, 0.15) is 11.1 Å². The summed E-state index contributed by atoms with van der Waals surface area (Å²) < 4.78 is 2.93. The van der Waals surface area contributed by atoms with Crippen molar-refractivity contribution in [2.45, 2.75) is 13.0 Å². The van der Waals surface area contributed by atoms with Gasteiger partial charge in [0.2, 0.25) is 0 Å². The van der Waals surface area contributed by atoms with Crippen LogP contribution in [0.5, 0.6) is 0 Å². The first-order valence-electron chi connectivity index (χ1n) is 7.11. The van der Waals surface area contributed by atoms with E-state index in [0.29, 0.717) is 5.65 Å². The molecule has 0 amide bonds. The molecule has 4 rings (SSSR count). The molecule has 2 aromatic heterocycles. The number of halogens is 1. The Balaban J connectivity index is 0.00000144. The van der Waals surface area contributed by atoms with E-state index < -0.39 is 0 Å². The standard InChI is InChI=1S/C16H16N4O.ClH/c1-19-16(21)20-8-6-11(9-15(20)18-19)13-4-2-3-12-10-17-7-5-14(12)13;/h2-4,6,8-9,17H,5,7,10H2,1H3;1H. The molecule has 0 saturated heterocycles. The topological polar surface area (TPSA) is 51.3 Å². The van der Waals surface area contributed by atoms with Gasteiger partial charge in [0.25, 0.3) is 0 Å². The summed E-state index contributed by atoms with van der Waals surface area (Å²) in [6.45, 7) is 1.93. The third kappa shape index (κ3) is 2.23. The molecule has 0 bridgehead atoms. The number of hydrogen-bond acceptors (Lipinski definition) is 3. The molecule has 1 aromatic carbocycles. The van der Waals surface area contributed by atoms with Crippen LogP contribution in [0.4, 0.5) is 0 Å². The zero-order valence-electron chi connectivity index (χ0n) is 12.2. The molecule has 1 aliphatic rings. The van der Waals surface area contributed by atoms with Gasteiger partial charge in [0.15, 0.2) is 5.65 Å². The Hall–Kier alpha value is -2.11. The Morgan fingerprint density at radius 3 is 3.00 bits per heavy atom. The van der Waals surface area contributed by atoms with Crippen molar-refractivity contribution in [1.29, 1.82) is 0 Å². The third-order valence-electron chi connectivity index (χ3n) is 4.12. The van der Waals surface area contributed by atoms with E-state index in [1.165, 1.54) is 21.4 Å². The van der Waals surface area contributed by atoms with Gasteiger partial charge in [-0.3, -0.25) is 4.40 Å². The highest BCUT2D eigenvalue weighted by Crippen LogP contribution is 2.28. The minimum atomic E-state index is -0.115. The average Bonchev–Trinajstić information content (AvgIpc) is 2.81. The highest BCUT2D eigenvalue weighted by atomic mass is 35.5. The minimum absolute atomic E-state index is 0. The molecule has 1 N–H and O–H groups in total. The third-order valence-corrected chi connectivity index (χ3v) is 4.12. The van der Waals surface area contributed by atoms with Gasteiger partial charge < -0.3 is 5.32 Å². The smallest absolute Gasteiger partial charge is 0.312 e. The van der Waals surface area contributed by atoms with E-state index in [2.05, 4.69) is 28.6 Å². The lowest BCUT2D eigenvalue weighted by atomic mass is 9.92. The summed E-state index contributed by atoms with van der Waals surface area (Å²) in [6.07, 6.45) is 2.84. The number of pyridine rings is 1. The van der Waals surface area contributed by atoms with Crippen molar-refractivity contribution in [1.82, 2.24) is 19.5 Å². The quantitative estimate of drug-likeness (QED) is 0.744. The summed E-state index contributed by atoms with van der Waals surface area (Å²) in [5.74, 6) is 0. The Labute approximate surface area is 134 Å². The SMILES string of the molecule is Cl.Cn1nc2cc(-c3cccc4c3CCNC4)ccn2c1=O. The molecular formula is C16H17ClN4O. The second-order valence-corrected chi connectivity index (χ2v) is 5.42. The van der Waals surface area contributed by atoms with Crippen LogP contribution in [0.15, 0.2) is 41.3 Å². The summed E-state index contributed by atoms with van der Waals surface area (Å²) in [5, 5.41) is 7.66. The lowest BCUT2D eigenvalue weighted by molar-refractivity contribution is 0.645. The van der Waals surface area contributed by atoms with Crippen LogP contribution < -0.4 is 11.0 Å². The fourth-order valence-electron chi connectivity index (χ4n) is 3.05. The number of nitrogens with zero attached hydrogens (tertiary/aromatic N) is 3. The van der Waals surface area contributed by atoms with Gasteiger partial charge in [-0.1, -0.05) is 18.2 Å². The van der Waals surface area contributed by atoms with Crippen molar-refractivity contribution in [2.24, 2.45) is 7.05 Å². The molecule has 0 spiro atoms. The molecule has 22 heavy (non-hydrogen) atoms. The highest BCUT2D eigenvalue weighted by molar-refractivity contribution is 5.85. The van der Waals surface area contributed by atoms with E-state index in [0.717, 1.165) is 25.1 Å². The molecule has 0 unspecified atom stereocenters. The molecule has 0 radical (unpaired) electrons. The van der Waals surface area contributed by atoms with Crippen LogP contribution in [-0.4, -0.2) is 20.7 Å². The monoisotopic (exact) mass is 316 g/mol. The molecule has 0 fully saturated rings. The van der Waals surface area contributed by atoms with Crippen LogP contribution in [-0.2, 0) is 20.0 Å². The first kappa shape index (κ1) is 14.8. The van der Waals surface area contributed by atoms with Crippen molar-refractivity contribution in [2.75, 3.05) is 6.54 Å². The van der Waals surface area contributed by atoms with Gasteiger partial charge in [-0.05, 0) is 47.4 Å². The molecule has 0 saturated carbocycles. The summed E-state index contributed by atoms with van der Waals surface area (Å²) in [4.78, 5) is 11.9. The number of benzene rings is 1. The van der Waals surface area contributed by atoms with Gasteiger partial charge in [-0.15, -0.1) is 12.4 Å². The predicted octanol–water partition coefficient (Wildman–Crippen LogP) is 1.77. The first-order valence-corrected chi connectivity index (χ1v) is 7.11. The van der Waals surface area contributed by atoms with Crippen LogP contribution in [0.25, 0.3) is 16.8 Å². The molecule has 0 aliphatic carbocycles. The number of hydrogen-bond donors (Lipinski definition) is 1. The molecule has 3 heterocycles. The van der Waals surface area contributed by atoms with Crippen LogP contribution in [0, 0.1) is 0 Å². The molecule has 3 aromatic rings. The molecule has 6 heteroatoms. The Morgan fingerprint density at radius 2 is 2.14 bits per heavy atom. The number of aromatic nitrogens is 3. The lowest BCUT2D eigenvalue weighted by Gasteiger charge is -2.20. The Morgan fingerprint density at radius 1 is 1.27 bits per heavy atom. The maximum Gasteiger partial charge on any atom is 0.350 e. The summed E-state index contributed by atoms with van der Waals surface area (Å²) in [5.41, 5.74) is 5.69. The van der Waals surface area contributed by atoms with E-state index in [9.17, 15) is 4.79 Å². The van der Waals surface area contributed by atoms with Crippen molar-refractivity contribution < 1.29 is 0 Å². The van der Waals surface area contributed by atoms with Crippen molar-refractivity contribution >= 4 is 18.1 Å². The molecule has 1 aliphatic heterocycles. The van der Waals surface area contributed by atoms with Crippen LogP contribution >= 0.6 is 12.4 Å².